The molecule has 2 rings (SSSR count). The van der Waals surface area contributed by atoms with Crippen molar-refractivity contribution in [2.75, 3.05) is 27.3 Å². The molecule has 1 unspecified atom stereocenters. The molecule has 0 aliphatic heterocycles. The Bertz CT molecular complexity index is 680. The zero-order valence-corrected chi connectivity index (χ0v) is 15.4. The van der Waals surface area contributed by atoms with E-state index >= 15 is 0 Å². The van der Waals surface area contributed by atoms with Crippen molar-refractivity contribution in [3.8, 4) is 11.1 Å². The van der Waals surface area contributed by atoms with Gasteiger partial charge in [-0.05, 0) is 30.5 Å². The van der Waals surface area contributed by atoms with E-state index in [1.165, 1.54) is 7.11 Å². The SMILES string of the molecule is COCC(O)CN(C)C(=O)C(C)(C)c1ccc(-c2ccccc2)cc1. The van der Waals surface area contributed by atoms with Gasteiger partial charge in [0.05, 0.1) is 18.1 Å². The van der Waals surface area contributed by atoms with E-state index in [4.69, 9.17) is 4.74 Å². The van der Waals surface area contributed by atoms with Crippen molar-refractivity contribution >= 4 is 5.91 Å². The minimum atomic E-state index is -0.685. The molecule has 0 bridgehead atoms. The Hall–Kier alpha value is -2.17. The van der Waals surface area contributed by atoms with Gasteiger partial charge in [-0.1, -0.05) is 54.6 Å². The number of nitrogens with zero attached hydrogens (tertiary/aromatic N) is 1. The number of rotatable bonds is 7. The predicted octanol–water partition coefficient (Wildman–Crippen LogP) is 3.10. The number of methoxy groups -OCH3 is 1. The molecule has 0 fully saturated rings. The molecule has 134 valence electrons. The predicted molar refractivity (Wildman–Crippen MR) is 100 cm³/mol. The van der Waals surface area contributed by atoms with E-state index in [9.17, 15) is 9.90 Å². The Labute approximate surface area is 150 Å². The third-order valence-corrected chi connectivity index (χ3v) is 4.44. The molecule has 0 aliphatic rings. The molecule has 0 aliphatic carbocycles. The molecular formula is C21H27NO3. The number of ether oxygens (including phenoxy) is 1. The van der Waals surface area contributed by atoms with Crippen LogP contribution in [0.25, 0.3) is 11.1 Å². The maximum Gasteiger partial charge on any atom is 0.232 e. The van der Waals surface area contributed by atoms with Crippen molar-refractivity contribution < 1.29 is 14.6 Å². The summed E-state index contributed by atoms with van der Waals surface area (Å²) in [6.07, 6.45) is -0.685. The van der Waals surface area contributed by atoms with Crippen LogP contribution in [-0.4, -0.2) is 49.3 Å². The summed E-state index contributed by atoms with van der Waals surface area (Å²) >= 11 is 0. The number of likely N-dealkylation sites (N-methyl/N-ethyl adjacent to an activating group) is 1. The molecule has 0 spiro atoms. The molecule has 2 aromatic rings. The Morgan fingerprint density at radius 2 is 1.64 bits per heavy atom. The highest BCUT2D eigenvalue weighted by Crippen LogP contribution is 2.28. The van der Waals surface area contributed by atoms with Crippen LogP contribution in [0.15, 0.2) is 54.6 Å². The smallest absolute Gasteiger partial charge is 0.232 e. The standard InChI is InChI=1S/C21H27NO3/c1-21(2,20(24)22(3)14-19(23)15-25-4)18-12-10-17(11-13-18)16-8-6-5-7-9-16/h5-13,19,23H,14-15H2,1-4H3. The van der Waals surface area contributed by atoms with Gasteiger partial charge in [0.2, 0.25) is 5.91 Å². The lowest BCUT2D eigenvalue weighted by atomic mass is 9.82. The third kappa shape index (κ3) is 4.68. The first-order chi connectivity index (χ1) is 11.9. The molecule has 2 aromatic carbocycles. The van der Waals surface area contributed by atoms with Crippen LogP contribution < -0.4 is 0 Å². The quantitative estimate of drug-likeness (QED) is 0.842. The van der Waals surface area contributed by atoms with Crippen molar-refractivity contribution in [2.45, 2.75) is 25.4 Å². The number of amides is 1. The minimum Gasteiger partial charge on any atom is -0.389 e. The van der Waals surface area contributed by atoms with Crippen LogP contribution in [0.5, 0.6) is 0 Å². The summed E-state index contributed by atoms with van der Waals surface area (Å²) in [5.41, 5.74) is 2.55. The van der Waals surface area contributed by atoms with Crippen molar-refractivity contribution in [1.82, 2.24) is 4.90 Å². The van der Waals surface area contributed by atoms with Gasteiger partial charge in [-0.25, -0.2) is 0 Å². The van der Waals surface area contributed by atoms with Gasteiger partial charge < -0.3 is 14.7 Å². The first-order valence-corrected chi connectivity index (χ1v) is 8.44. The van der Waals surface area contributed by atoms with E-state index in [-0.39, 0.29) is 19.1 Å². The molecule has 1 amide bonds. The highest BCUT2D eigenvalue weighted by atomic mass is 16.5. The van der Waals surface area contributed by atoms with Crippen LogP contribution in [0.2, 0.25) is 0 Å². The fourth-order valence-corrected chi connectivity index (χ4v) is 2.95. The van der Waals surface area contributed by atoms with E-state index in [1.807, 2.05) is 56.3 Å². The zero-order valence-electron chi connectivity index (χ0n) is 15.4. The van der Waals surface area contributed by atoms with Crippen LogP contribution in [-0.2, 0) is 14.9 Å². The summed E-state index contributed by atoms with van der Waals surface area (Å²) < 4.78 is 4.92. The first kappa shape index (κ1) is 19.2. The maximum atomic E-state index is 12.8. The zero-order chi connectivity index (χ0) is 18.4. The lowest BCUT2D eigenvalue weighted by Crippen LogP contribution is -2.45. The van der Waals surface area contributed by atoms with Crippen molar-refractivity contribution in [2.24, 2.45) is 0 Å². The van der Waals surface area contributed by atoms with Crippen LogP contribution in [0, 0.1) is 0 Å². The summed E-state index contributed by atoms with van der Waals surface area (Å²) in [5, 5.41) is 9.85. The average molecular weight is 341 g/mol. The minimum absolute atomic E-state index is 0.0323. The van der Waals surface area contributed by atoms with Crippen LogP contribution >= 0.6 is 0 Å². The fourth-order valence-electron chi connectivity index (χ4n) is 2.95. The summed E-state index contributed by atoms with van der Waals surface area (Å²) in [7, 11) is 3.24. The molecule has 0 saturated heterocycles. The fraction of sp³-hybridized carbons (Fsp3) is 0.381. The molecule has 4 heteroatoms. The number of carbonyl (C=O) groups is 1. The molecule has 0 heterocycles. The average Bonchev–Trinajstić information content (AvgIpc) is 2.62. The van der Waals surface area contributed by atoms with Gasteiger partial charge in [0.15, 0.2) is 0 Å². The number of aliphatic hydroxyl groups is 1. The van der Waals surface area contributed by atoms with E-state index in [1.54, 1.807) is 11.9 Å². The van der Waals surface area contributed by atoms with E-state index < -0.39 is 11.5 Å². The van der Waals surface area contributed by atoms with Gasteiger partial charge in [-0.15, -0.1) is 0 Å². The molecule has 1 N–H and O–H groups in total. The second-order valence-corrected chi connectivity index (χ2v) is 6.86. The van der Waals surface area contributed by atoms with E-state index in [2.05, 4.69) is 12.1 Å². The maximum absolute atomic E-state index is 12.8. The summed E-state index contributed by atoms with van der Waals surface area (Å²) in [6.45, 7) is 4.28. The normalized spacial score (nSPS) is 12.7. The molecule has 1 atom stereocenters. The molecule has 0 radical (unpaired) electrons. The van der Waals surface area contributed by atoms with Gasteiger partial charge >= 0.3 is 0 Å². The third-order valence-electron chi connectivity index (χ3n) is 4.44. The Morgan fingerprint density at radius 3 is 2.20 bits per heavy atom. The number of benzene rings is 2. The van der Waals surface area contributed by atoms with E-state index in [0.717, 1.165) is 16.7 Å². The molecule has 25 heavy (non-hydrogen) atoms. The van der Waals surface area contributed by atoms with E-state index in [0.29, 0.717) is 0 Å². The van der Waals surface area contributed by atoms with Crippen LogP contribution in [0.3, 0.4) is 0 Å². The van der Waals surface area contributed by atoms with Gasteiger partial charge in [0.25, 0.3) is 0 Å². The summed E-state index contributed by atoms with van der Waals surface area (Å²) in [4.78, 5) is 14.4. The van der Waals surface area contributed by atoms with Crippen LogP contribution in [0.1, 0.15) is 19.4 Å². The van der Waals surface area contributed by atoms with Crippen LogP contribution in [0.4, 0.5) is 0 Å². The summed E-state index contributed by atoms with van der Waals surface area (Å²) in [6, 6.07) is 18.2. The Balaban J connectivity index is 2.14. The summed E-state index contributed by atoms with van der Waals surface area (Å²) in [5.74, 6) is -0.0323. The highest BCUT2D eigenvalue weighted by Gasteiger charge is 2.33. The monoisotopic (exact) mass is 341 g/mol. The first-order valence-electron chi connectivity index (χ1n) is 8.44. The molecule has 4 nitrogen and oxygen atoms in total. The Morgan fingerprint density at radius 1 is 1.08 bits per heavy atom. The number of hydrogen-bond acceptors (Lipinski definition) is 3. The van der Waals surface area contributed by atoms with Crippen molar-refractivity contribution in [1.29, 1.82) is 0 Å². The van der Waals surface area contributed by atoms with Gasteiger partial charge in [-0.3, -0.25) is 4.79 Å². The lowest BCUT2D eigenvalue weighted by molar-refractivity contribution is -0.136. The topological polar surface area (TPSA) is 49.8 Å². The highest BCUT2D eigenvalue weighted by molar-refractivity contribution is 5.87. The lowest BCUT2D eigenvalue weighted by Gasteiger charge is -2.31. The second-order valence-electron chi connectivity index (χ2n) is 6.86. The van der Waals surface area contributed by atoms with Gasteiger partial charge in [0.1, 0.15) is 0 Å². The molecular weight excluding hydrogens is 314 g/mol. The van der Waals surface area contributed by atoms with Crippen molar-refractivity contribution in [3.05, 3.63) is 60.2 Å². The molecule has 0 aromatic heterocycles. The van der Waals surface area contributed by atoms with Gasteiger partial charge in [-0.2, -0.15) is 0 Å². The second kappa shape index (κ2) is 8.28. The number of carbonyl (C=O) groups excluding carboxylic acids is 1. The Kier molecular flexibility index (Phi) is 6.34. The van der Waals surface area contributed by atoms with Gasteiger partial charge in [0, 0.05) is 20.7 Å². The number of aliphatic hydroxyl groups excluding tert-OH is 1. The van der Waals surface area contributed by atoms with Crippen molar-refractivity contribution in [3.63, 3.8) is 0 Å². The largest absolute Gasteiger partial charge is 0.389 e. The molecule has 0 saturated carbocycles. The number of hydrogen-bond donors (Lipinski definition) is 1.